The minimum absolute atomic E-state index is 0.0525. The van der Waals surface area contributed by atoms with Crippen LogP contribution in [-0.4, -0.2) is 48.1 Å². The molecule has 3 aromatic rings. The zero-order chi connectivity index (χ0) is 26.8. The number of aliphatic hydroxyl groups is 1. The largest absolute Gasteiger partial charge is 0.458 e. The molecule has 1 aromatic carbocycles. The Kier molecular flexibility index (Phi) is 5.72. The number of fused-ring (bicyclic) bond motifs is 6. The average molecular weight is 543 g/mol. The number of sulfonamides is 1. The summed E-state index contributed by atoms with van der Waals surface area (Å²) in [6, 6.07) is 5.30. The van der Waals surface area contributed by atoms with Gasteiger partial charge < -0.3 is 29.2 Å². The monoisotopic (exact) mass is 542 g/mol. The predicted octanol–water partition coefficient (Wildman–Crippen LogP) is 0.577. The zero-order valence-corrected chi connectivity index (χ0v) is 21.4. The Morgan fingerprint density at radius 2 is 1.92 bits per heavy atom. The van der Waals surface area contributed by atoms with Crippen LogP contribution in [0.15, 0.2) is 23.0 Å². The van der Waals surface area contributed by atoms with E-state index in [1.807, 2.05) is 6.07 Å². The van der Waals surface area contributed by atoms with E-state index < -0.39 is 21.6 Å². The van der Waals surface area contributed by atoms with Gasteiger partial charge in [0.2, 0.25) is 16.8 Å². The fraction of sp³-hybridized carbons (Fsp3) is 0.400. The lowest BCUT2D eigenvalue weighted by atomic mass is 9.86. The van der Waals surface area contributed by atoms with Crippen LogP contribution < -0.4 is 25.5 Å². The lowest BCUT2D eigenvalue weighted by Crippen LogP contribution is -2.44. The number of primary sulfonamides is 1. The molecule has 13 heteroatoms. The van der Waals surface area contributed by atoms with Crippen molar-refractivity contribution >= 4 is 26.9 Å². The van der Waals surface area contributed by atoms with Crippen molar-refractivity contribution in [3.05, 3.63) is 50.8 Å². The minimum atomic E-state index is -3.56. The van der Waals surface area contributed by atoms with E-state index in [0.717, 1.165) is 16.5 Å². The Labute approximate surface area is 217 Å². The molecule has 0 radical (unpaired) electrons. The Morgan fingerprint density at radius 3 is 2.66 bits per heavy atom. The molecular formula is C25H26N4O8S. The first-order valence-electron chi connectivity index (χ1n) is 12.2. The Bertz CT molecular complexity index is 1680. The summed E-state index contributed by atoms with van der Waals surface area (Å²) in [4.78, 5) is 30.9. The van der Waals surface area contributed by atoms with Crippen LogP contribution in [0.25, 0.3) is 22.3 Å². The van der Waals surface area contributed by atoms with Crippen LogP contribution in [0.3, 0.4) is 0 Å². The molecule has 2 aromatic heterocycles. The molecule has 0 bridgehead atoms. The van der Waals surface area contributed by atoms with Crippen molar-refractivity contribution in [2.75, 3.05) is 19.1 Å². The number of hydrogen-bond acceptors (Lipinski definition) is 10. The van der Waals surface area contributed by atoms with Gasteiger partial charge in [-0.1, -0.05) is 6.92 Å². The van der Waals surface area contributed by atoms with Gasteiger partial charge in [0.05, 0.1) is 34.8 Å². The van der Waals surface area contributed by atoms with Crippen molar-refractivity contribution in [3.8, 4) is 22.9 Å². The smallest absolute Gasteiger partial charge is 0.343 e. The Balaban J connectivity index is 1.48. The van der Waals surface area contributed by atoms with E-state index in [4.69, 9.17) is 24.3 Å². The van der Waals surface area contributed by atoms with Crippen molar-refractivity contribution in [2.45, 2.75) is 45.1 Å². The standard InChI is InChI=1S/C25H26N4O8S/c1-2-25(32)17-7-19-22-15(10-29(19)23(30)16(17)11-35-24(25)31)14(9-27-4-3-5-38(26,33)34)13-6-20-21(37-12-36-20)8-18(13)28-22/h6-8,27,32H,2-5,9-12H2,1H3,(H2,26,33,34)/t25-/m0/s1. The number of nitrogens with zero attached hydrogens (tertiary/aromatic N) is 2. The van der Waals surface area contributed by atoms with E-state index in [2.05, 4.69) is 5.32 Å². The van der Waals surface area contributed by atoms with Crippen molar-refractivity contribution in [1.29, 1.82) is 0 Å². The van der Waals surface area contributed by atoms with Gasteiger partial charge in [-0.05, 0) is 37.1 Å². The molecule has 6 rings (SSSR count). The lowest BCUT2D eigenvalue weighted by molar-refractivity contribution is -0.172. The van der Waals surface area contributed by atoms with Crippen LogP contribution in [0.2, 0.25) is 0 Å². The van der Waals surface area contributed by atoms with Gasteiger partial charge in [0, 0.05) is 29.1 Å². The molecule has 38 heavy (non-hydrogen) atoms. The molecule has 0 aliphatic carbocycles. The minimum Gasteiger partial charge on any atom is -0.458 e. The molecule has 1 atom stereocenters. The van der Waals surface area contributed by atoms with Crippen LogP contribution >= 0.6 is 0 Å². The maximum Gasteiger partial charge on any atom is 0.343 e. The highest BCUT2D eigenvalue weighted by Gasteiger charge is 2.45. The Hall–Kier alpha value is -3.52. The van der Waals surface area contributed by atoms with Crippen molar-refractivity contribution in [1.82, 2.24) is 14.9 Å². The number of esters is 1. The summed E-state index contributed by atoms with van der Waals surface area (Å²) < 4.78 is 40.4. The van der Waals surface area contributed by atoms with E-state index in [1.54, 1.807) is 23.6 Å². The number of nitrogens with two attached hydrogens (primary N) is 1. The molecule has 0 fully saturated rings. The third kappa shape index (κ3) is 3.85. The maximum absolute atomic E-state index is 13.6. The number of rotatable bonds is 7. The molecule has 200 valence electrons. The molecular weight excluding hydrogens is 516 g/mol. The number of ether oxygens (including phenoxy) is 3. The summed E-state index contributed by atoms with van der Waals surface area (Å²) in [7, 11) is -3.56. The lowest BCUT2D eigenvalue weighted by Gasteiger charge is -2.31. The molecule has 0 unspecified atom stereocenters. The third-order valence-corrected chi connectivity index (χ3v) is 8.24. The van der Waals surface area contributed by atoms with Gasteiger partial charge >= 0.3 is 5.97 Å². The summed E-state index contributed by atoms with van der Waals surface area (Å²) >= 11 is 0. The van der Waals surface area contributed by atoms with Gasteiger partial charge in [0.25, 0.3) is 5.56 Å². The summed E-state index contributed by atoms with van der Waals surface area (Å²) in [5.74, 6) is 0.225. The number of nitrogens with one attached hydrogen (secondary N) is 1. The summed E-state index contributed by atoms with van der Waals surface area (Å²) in [6.07, 6.45) is 0.392. The average Bonchev–Trinajstić information content (AvgIpc) is 3.48. The second-order valence-electron chi connectivity index (χ2n) is 9.64. The highest BCUT2D eigenvalue weighted by molar-refractivity contribution is 7.89. The first-order valence-corrected chi connectivity index (χ1v) is 14.0. The van der Waals surface area contributed by atoms with Crippen molar-refractivity contribution in [2.24, 2.45) is 5.14 Å². The van der Waals surface area contributed by atoms with E-state index in [9.17, 15) is 23.1 Å². The van der Waals surface area contributed by atoms with Crippen LogP contribution in [0.5, 0.6) is 11.5 Å². The zero-order valence-electron chi connectivity index (χ0n) is 20.6. The van der Waals surface area contributed by atoms with E-state index in [-0.39, 0.29) is 48.8 Å². The second-order valence-corrected chi connectivity index (χ2v) is 11.4. The summed E-state index contributed by atoms with van der Waals surface area (Å²) in [6.45, 7) is 2.56. The molecule has 3 aliphatic rings. The topological polar surface area (TPSA) is 172 Å². The molecule has 5 heterocycles. The fourth-order valence-electron chi connectivity index (χ4n) is 5.37. The van der Waals surface area contributed by atoms with E-state index >= 15 is 0 Å². The van der Waals surface area contributed by atoms with Crippen LogP contribution in [-0.2, 0) is 44.9 Å². The van der Waals surface area contributed by atoms with Crippen molar-refractivity contribution in [3.63, 3.8) is 0 Å². The first-order chi connectivity index (χ1) is 18.1. The highest BCUT2D eigenvalue weighted by atomic mass is 32.2. The number of carbonyl (C=O) groups is 1. The quantitative estimate of drug-likeness (QED) is 0.221. The van der Waals surface area contributed by atoms with Gasteiger partial charge in [0.1, 0.15) is 6.61 Å². The molecule has 3 aliphatic heterocycles. The summed E-state index contributed by atoms with van der Waals surface area (Å²) in [5.41, 5.74) is 1.60. The summed E-state index contributed by atoms with van der Waals surface area (Å²) in [5, 5.41) is 20.3. The number of cyclic esters (lactones) is 1. The van der Waals surface area contributed by atoms with Gasteiger partial charge in [0.15, 0.2) is 17.1 Å². The molecule has 0 spiro atoms. The normalized spacial score (nSPS) is 19.3. The van der Waals surface area contributed by atoms with Crippen LogP contribution in [0, 0.1) is 0 Å². The SMILES string of the molecule is CC[C@@]1(O)C(=O)OCc2c1cc1n(c2=O)Cc2c-1nc1cc3c(cc1c2CNCCCS(N)(=O)=O)OCO3. The molecule has 0 saturated heterocycles. The number of hydrogen-bond donors (Lipinski definition) is 3. The highest BCUT2D eigenvalue weighted by Crippen LogP contribution is 2.43. The predicted molar refractivity (Wildman–Crippen MR) is 135 cm³/mol. The number of benzene rings is 1. The van der Waals surface area contributed by atoms with Gasteiger partial charge in [-0.25, -0.2) is 23.3 Å². The van der Waals surface area contributed by atoms with E-state index in [0.29, 0.717) is 47.9 Å². The van der Waals surface area contributed by atoms with Gasteiger partial charge in [-0.3, -0.25) is 4.79 Å². The fourth-order valence-corrected chi connectivity index (χ4v) is 5.91. The van der Waals surface area contributed by atoms with Gasteiger partial charge in [-0.15, -0.1) is 0 Å². The van der Waals surface area contributed by atoms with Gasteiger partial charge in [-0.2, -0.15) is 0 Å². The molecule has 12 nitrogen and oxygen atoms in total. The van der Waals surface area contributed by atoms with Crippen molar-refractivity contribution < 1.29 is 32.5 Å². The molecule has 0 saturated carbocycles. The van der Waals surface area contributed by atoms with E-state index in [1.165, 1.54) is 0 Å². The third-order valence-electron chi connectivity index (χ3n) is 7.38. The number of aromatic nitrogens is 2. The maximum atomic E-state index is 13.6. The molecule has 4 N–H and O–H groups in total. The number of carbonyl (C=O) groups excluding carboxylic acids is 1. The number of pyridine rings is 2. The van der Waals surface area contributed by atoms with Crippen LogP contribution in [0.1, 0.15) is 42.0 Å². The first kappa shape index (κ1) is 24.8. The van der Waals surface area contributed by atoms with Crippen LogP contribution in [0.4, 0.5) is 0 Å². The molecule has 0 amide bonds. The Morgan fingerprint density at radius 1 is 1.16 bits per heavy atom. The second kappa shape index (κ2) is 8.76.